The summed E-state index contributed by atoms with van der Waals surface area (Å²) in [5, 5.41) is 10.2. The second kappa shape index (κ2) is 7.12. The normalized spacial score (nSPS) is 21.1. The van der Waals surface area contributed by atoms with Crippen LogP contribution in [0.15, 0.2) is 42.5 Å². The van der Waals surface area contributed by atoms with E-state index in [1.807, 2.05) is 12.1 Å². The van der Waals surface area contributed by atoms with Crippen molar-refractivity contribution in [3.05, 3.63) is 58.6 Å². The lowest BCUT2D eigenvalue weighted by Gasteiger charge is -2.21. The Bertz CT molecular complexity index is 882. The first-order chi connectivity index (χ1) is 13.0. The molecule has 0 bridgehead atoms. The SMILES string of the molecule is O=C(O)[C@@H]1CN(C(=O)c2ccc3c(c2)OCCO3)C[C@H]1c1ccc(Cl)cc1. The molecule has 2 aromatic rings. The number of carbonyl (C=O) groups excluding carboxylic acids is 1. The van der Waals surface area contributed by atoms with E-state index >= 15 is 0 Å². The third-order valence-corrected chi connectivity index (χ3v) is 5.26. The zero-order chi connectivity index (χ0) is 19.0. The van der Waals surface area contributed by atoms with E-state index in [4.69, 9.17) is 21.1 Å². The van der Waals surface area contributed by atoms with Gasteiger partial charge in [-0.3, -0.25) is 9.59 Å². The molecule has 0 saturated carbocycles. The standard InChI is InChI=1S/C20H18ClNO5/c21-14-4-1-12(2-5-14)15-10-22(11-16(15)20(24)25)19(23)13-3-6-17-18(9-13)27-8-7-26-17/h1-6,9,15-16H,7-8,10-11H2,(H,24,25)/t15-,16+/m0/s1. The van der Waals surface area contributed by atoms with Gasteiger partial charge in [-0.1, -0.05) is 23.7 Å². The molecule has 2 heterocycles. The predicted octanol–water partition coefficient (Wildman–Crippen LogP) is 3.05. The molecule has 4 rings (SSSR count). The highest BCUT2D eigenvalue weighted by molar-refractivity contribution is 6.30. The lowest BCUT2D eigenvalue weighted by atomic mass is 9.89. The summed E-state index contributed by atoms with van der Waals surface area (Å²) in [6.07, 6.45) is 0. The van der Waals surface area contributed by atoms with Crippen LogP contribution in [-0.4, -0.2) is 48.2 Å². The molecule has 1 fully saturated rings. The van der Waals surface area contributed by atoms with Crippen LogP contribution in [0.25, 0.3) is 0 Å². The fraction of sp³-hybridized carbons (Fsp3) is 0.300. The number of nitrogens with zero attached hydrogens (tertiary/aromatic N) is 1. The van der Waals surface area contributed by atoms with Crippen LogP contribution in [0.2, 0.25) is 5.02 Å². The minimum Gasteiger partial charge on any atom is -0.486 e. The molecule has 0 aromatic heterocycles. The summed E-state index contributed by atoms with van der Waals surface area (Å²) >= 11 is 5.93. The molecule has 2 atom stereocenters. The maximum Gasteiger partial charge on any atom is 0.308 e. The van der Waals surface area contributed by atoms with Crippen LogP contribution in [0, 0.1) is 5.92 Å². The number of benzene rings is 2. The number of aliphatic carboxylic acids is 1. The quantitative estimate of drug-likeness (QED) is 0.876. The number of hydrogen-bond acceptors (Lipinski definition) is 4. The van der Waals surface area contributed by atoms with E-state index in [1.165, 1.54) is 0 Å². The number of carboxylic acids is 1. The van der Waals surface area contributed by atoms with Gasteiger partial charge in [0.25, 0.3) is 5.91 Å². The van der Waals surface area contributed by atoms with E-state index in [0.29, 0.717) is 41.8 Å². The zero-order valence-electron chi connectivity index (χ0n) is 14.4. The predicted molar refractivity (Wildman–Crippen MR) is 98.7 cm³/mol. The van der Waals surface area contributed by atoms with E-state index in [9.17, 15) is 14.7 Å². The van der Waals surface area contributed by atoms with E-state index in [-0.39, 0.29) is 18.4 Å². The van der Waals surface area contributed by atoms with Crippen LogP contribution in [0.3, 0.4) is 0 Å². The summed E-state index contributed by atoms with van der Waals surface area (Å²) < 4.78 is 11.0. The first-order valence-electron chi connectivity index (χ1n) is 8.70. The van der Waals surface area contributed by atoms with E-state index in [2.05, 4.69) is 0 Å². The van der Waals surface area contributed by atoms with Gasteiger partial charge in [0.2, 0.25) is 0 Å². The number of amides is 1. The van der Waals surface area contributed by atoms with Gasteiger partial charge < -0.3 is 19.5 Å². The third-order valence-electron chi connectivity index (χ3n) is 5.01. The number of ether oxygens (including phenoxy) is 2. The second-order valence-corrected chi connectivity index (χ2v) is 7.11. The Morgan fingerprint density at radius 1 is 1.00 bits per heavy atom. The summed E-state index contributed by atoms with van der Waals surface area (Å²) in [6.45, 7) is 1.42. The van der Waals surface area contributed by atoms with Crippen LogP contribution >= 0.6 is 11.6 Å². The Morgan fingerprint density at radius 3 is 2.41 bits per heavy atom. The summed E-state index contributed by atoms with van der Waals surface area (Å²) in [5.41, 5.74) is 1.32. The average Bonchev–Trinajstić information content (AvgIpc) is 3.13. The molecule has 140 valence electrons. The van der Waals surface area contributed by atoms with Crippen LogP contribution < -0.4 is 9.47 Å². The van der Waals surface area contributed by atoms with Crippen LogP contribution in [0.1, 0.15) is 21.8 Å². The Balaban J connectivity index is 1.58. The molecule has 1 N–H and O–H groups in total. The minimum atomic E-state index is -0.910. The van der Waals surface area contributed by atoms with Gasteiger partial charge >= 0.3 is 5.97 Å². The number of hydrogen-bond donors (Lipinski definition) is 1. The zero-order valence-corrected chi connectivity index (χ0v) is 15.2. The molecule has 0 aliphatic carbocycles. The van der Waals surface area contributed by atoms with Gasteiger partial charge in [-0.25, -0.2) is 0 Å². The first kappa shape index (κ1) is 17.7. The molecular formula is C20H18ClNO5. The molecule has 0 unspecified atom stereocenters. The maximum absolute atomic E-state index is 12.9. The summed E-state index contributed by atoms with van der Waals surface area (Å²) in [6, 6.07) is 12.2. The average molecular weight is 388 g/mol. The highest BCUT2D eigenvalue weighted by Crippen LogP contribution is 2.36. The van der Waals surface area contributed by atoms with E-state index in [1.54, 1.807) is 35.2 Å². The molecular weight excluding hydrogens is 370 g/mol. The van der Waals surface area contributed by atoms with Gasteiger partial charge in [0.1, 0.15) is 13.2 Å². The number of rotatable bonds is 3. The molecule has 2 aliphatic rings. The maximum atomic E-state index is 12.9. The number of halogens is 1. The molecule has 1 saturated heterocycles. The van der Waals surface area contributed by atoms with E-state index < -0.39 is 11.9 Å². The molecule has 0 radical (unpaired) electrons. The Morgan fingerprint density at radius 2 is 1.70 bits per heavy atom. The van der Waals surface area contributed by atoms with Crippen molar-refractivity contribution < 1.29 is 24.2 Å². The van der Waals surface area contributed by atoms with Gasteiger partial charge in [0.05, 0.1) is 5.92 Å². The molecule has 2 aromatic carbocycles. The topological polar surface area (TPSA) is 76.1 Å². The molecule has 27 heavy (non-hydrogen) atoms. The van der Waals surface area contributed by atoms with Crippen molar-refractivity contribution in [3.63, 3.8) is 0 Å². The third kappa shape index (κ3) is 3.45. The molecule has 1 amide bonds. The van der Waals surface area contributed by atoms with E-state index in [0.717, 1.165) is 5.56 Å². The van der Waals surface area contributed by atoms with Crippen molar-refractivity contribution >= 4 is 23.5 Å². The van der Waals surface area contributed by atoms with Crippen molar-refractivity contribution in [2.75, 3.05) is 26.3 Å². The fourth-order valence-electron chi connectivity index (χ4n) is 3.63. The monoisotopic (exact) mass is 387 g/mol. The summed E-state index contributed by atoms with van der Waals surface area (Å²) in [7, 11) is 0. The van der Waals surface area contributed by atoms with Gasteiger partial charge in [0.15, 0.2) is 11.5 Å². The molecule has 0 spiro atoms. The van der Waals surface area contributed by atoms with Gasteiger partial charge in [-0.2, -0.15) is 0 Å². The van der Waals surface area contributed by atoms with Crippen molar-refractivity contribution in [1.29, 1.82) is 0 Å². The van der Waals surface area contributed by atoms with Crippen molar-refractivity contribution in [1.82, 2.24) is 4.90 Å². The van der Waals surface area contributed by atoms with Crippen LogP contribution in [0.5, 0.6) is 11.5 Å². The lowest BCUT2D eigenvalue weighted by molar-refractivity contribution is -0.141. The molecule has 6 nitrogen and oxygen atoms in total. The minimum absolute atomic E-state index is 0.163. The summed E-state index contributed by atoms with van der Waals surface area (Å²) in [4.78, 5) is 26.3. The Hall–Kier alpha value is -2.73. The molecule has 2 aliphatic heterocycles. The van der Waals surface area contributed by atoms with Crippen LogP contribution in [-0.2, 0) is 4.79 Å². The van der Waals surface area contributed by atoms with Crippen LogP contribution in [0.4, 0.5) is 0 Å². The highest BCUT2D eigenvalue weighted by atomic mass is 35.5. The van der Waals surface area contributed by atoms with Gasteiger partial charge in [-0.05, 0) is 35.9 Å². The number of likely N-dealkylation sites (tertiary alicyclic amines) is 1. The smallest absolute Gasteiger partial charge is 0.308 e. The number of carboxylic acid groups (broad SMARTS) is 1. The Labute approximate surface area is 161 Å². The highest BCUT2D eigenvalue weighted by Gasteiger charge is 2.40. The lowest BCUT2D eigenvalue weighted by Crippen LogP contribution is -2.30. The van der Waals surface area contributed by atoms with Crippen molar-refractivity contribution in [2.24, 2.45) is 5.92 Å². The van der Waals surface area contributed by atoms with Crippen molar-refractivity contribution in [2.45, 2.75) is 5.92 Å². The Kier molecular flexibility index (Phi) is 4.66. The largest absolute Gasteiger partial charge is 0.486 e. The van der Waals surface area contributed by atoms with Crippen molar-refractivity contribution in [3.8, 4) is 11.5 Å². The molecule has 7 heteroatoms. The van der Waals surface area contributed by atoms with Gasteiger partial charge in [0, 0.05) is 29.6 Å². The summed E-state index contributed by atoms with van der Waals surface area (Å²) in [5.74, 6) is -0.910. The number of carbonyl (C=O) groups is 2. The van der Waals surface area contributed by atoms with Gasteiger partial charge in [-0.15, -0.1) is 0 Å². The fourth-order valence-corrected chi connectivity index (χ4v) is 3.75. The first-order valence-corrected chi connectivity index (χ1v) is 9.08. The number of fused-ring (bicyclic) bond motifs is 1. The second-order valence-electron chi connectivity index (χ2n) is 6.67.